The number of hydrogen-bond acceptors (Lipinski definition) is 7. The molecule has 0 bridgehead atoms. The van der Waals surface area contributed by atoms with E-state index >= 15 is 0 Å². The SMILES string of the molecule is Cn1c(O)c(N=Nc2cc(C(C)(C)C)on2)c(=O)n(C)c1=O. The van der Waals surface area contributed by atoms with Crippen LogP contribution in [0.2, 0.25) is 0 Å². The fourth-order valence-electron chi connectivity index (χ4n) is 1.67. The van der Waals surface area contributed by atoms with Crippen molar-refractivity contribution in [1.82, 2.24) is 14.3 Å². The number of nitrogens with zero attached hydrogens (tertiary/aromatic N) is 5. The molecule has 0 atom stereocenters. The third-order valence-corrected chi connectivity index (χ3v) is 3.10. The molecule has 0 unspecified atom stereocenters. The van der Waals surface area contributed by atoms with Crippen LogP contribution in [0, 0.1) is 0 Å². The second-order valence-electron chi connectivity index (χ2n) is 5.88. The molecule has 0 saturated heterocycles. The molecule has 9 nitrogen and oxygen atoms in total. The summed E-state index contributed by atoms with van der Waals surface area (Å²) in [5.74, 6) is 0.218. The van der Waals surface area contributed by atoms with Gasteiger partial charge in [-0.25, -0.2) is 4.79 Å². The molecule has 0 fully saturated rings. The highest BCUT2D eigenvalue weighted by Crippen LogP contribution is 2.27. The summed E-state index contributed by atoms with van der Waals surface area (Å²) in [7, 11) is 2.61. The lowest BCUT2D eigenvalue weighted by molar-refractivity contribution is 0.330. The highest BCUT2D eigenvalue weighted by atomic mass is 16.5. The van der Waals surface area contributed by atoms with Gasteiger partial charge in [-0.05, 0) is 0 Å². The Morgan fingerprint density at radius 1 is 1.18 bits per heavy atom. The summed E-state index contributed by atoms with van der Waals surface area (Å²) in [6, 6.07) is 1.59. The van der Waals surface area contributed by atoms with Crippen LogP contribution in [0.5, 0.6) is 5.88 Å². The molecule has 2 heterocycles. The van der Waals surface area contributed by atoms with Crippen molar-refractivity contribution in [2.75, 3.05) is 0 Å². The van der Waals surface area contributed by atoms with Gasteiger partial charge in [0.15, 0.2) is 0 Å². The van der Waals surface area contributed by atoms with Crippen molar-refractivity contribution in [3.63, 3.8) is 0 Å². The smallest absolute Gasteiger partial charge is 0.333 e. The van der Waals surface area contributed by atoms with Crippen molar-refractivity contribution in [2.24, 2.45) is 24.3 Å². The van der Waals surface area contributed by atoms with E-state index in [2.05, 4.69) is 15.4 Å². The third-order valence-electron chi connectivity index (χ3n) is 3.10. The zero-order chi connectivity index (χ0) is 16.7. The van der Waals surface area contributed by atoms with Crippen molar-refractivity contribution in [2.45, 2.75) is 26.2 Å². The molecule has 2 aromatic heterocycles. The number of azo groups is 1. The van der Waals surface area contributed by atoms with E-state index in [9.17, 15) is 14.7 Å². The quantitative estimate of drug-likeness (QED) is 0.844. The van der Waals surface area contributed by atoms with Crippen LogP contribution in [0.3, 0.4) is 0 Å². The standard InChI is InChI=1S/C13H17N5O4/c1-13(2,3)7-6-8(16-22-7)14-15-9-10(19)17(4)12(21)18(5)11(9)20/h6,19H,1-5H3. The van der Waals surface area contributed by atoms with Crippen molar-refractivity contribution in [3.05, 3.63) is 32.7 Å². The fraction of sp³-hybridized carbons (Fsp3) is 0.462. The van der Waals surface area contributed by atoms with Crippen molar-refractivity contribution in [3.8, 4) is 5.88 Å². The van der Waals surface area contributed by atoms with E-state index in [1.54, 1.807) is 6.07 Å². The molecule has 0 amide bonds. The third kappa shape index (κ3) is 2.69. The Bertz CT molecular complexity index is 851. The van der Waals surface area contributed by atoms with Crippen LogP contribution >= 0.6 is 0 Å². The zero-order valence-electron chi connectivity index (χ0n) is 13.0. The van der Waals surface area contributed by atoms with E-state index < -0.39 is 17.1 Å². The second-order valence-corrected chi connectivity index (χ2v) is 5.88. The Hall–Kier alpha value is -2.71. The fourth-order valence-corrected chi connectivity index (χ4v) is 1.67. The molecule has 0 aliphatic carbocycles. The van der Waals surface area contributed by atoms with E-state index in [-0.39, 0.29) is 16.9 Å². The summed E-state index contributed by atoms with van der Waals surface area (Å²) < 4.78 is 6.87. The number of aromatic hydroxyl groups is 1. The maximum Gasteiger partial charge on any atom is 0.333 e. The molecular formula is C13H17N5O4. The second kappa shape index (κ2) is 5.24. The minimum Gasteiger partial charge on any atom is -0.493 e. The Labute approximate surface area is 125 Å². The highest BCUT2D eigenvalue weighted by Gasteiger charge is 2.20. The zero-order valence-corrected chi connectivity index (χ0v) is 13.0. The molecule has 2 rings (SSSR count). The first-order chi connectivity index (χ1) is 10.1. The monoisotopic (exact) mass is 307 g/mol. The molecular weight excluding hydrogens is 290 g/mol. The molecule has 0 spiro atoms. The summed E-state index contributed by atoms with van der Waals surface area (Å²) in [5, 5.41) is 21.0. The highest BCUT2D eigenvalue weighted by molar-refractivity contribution is 5.44. The van der Waals surface area contributed by atoms with Gasteiger partial charge < -0.3 is 9.63 Å². The first-order valence-corrected chi connectivity index (χ1v) is 6.51. The van der Waals surface area contributed by atoms with E-state index in [0.717, 1.165) is 9.13 Å². The summed E-state index contributed by atoms with van der Waals surface area (Å²) in [6.07, 6.45) is 0. The van der Waals surface area contributed by atoms with Gasteiger partial charge in [0.1, 0.15) is 5.76 Å². The molecule has 0 aliphatic rings. The molecule has 118 valence electrons. The predicted octanol–water partition coefficient (Wildman–Crippen LogP) is 1.49. The molecule has 0 aromatic carbocycles. The molecule has 0 saturated carbocycles. The van der Waals surface area contributed by atoms with E-state index in [1.165, 1.54) is 14.1 Å². The molecule has 2 aromatic rings. The lowest BCUT2D eigenvalue weighted by Crippen LogP contribution is -2.36. The van der Waals surface area contributed by atoms with Gasteiger partial charge >= 0.3 is 5.69 Å². The topological polar surface area (TPSA) is 115 Å². The minimum atomic E-state index is -0.746. The average Bonchev–Trinajstić information content (AvgIpc) is 2.92. The van der Waals surface area contributed by atoms with E-state index in [4.69, 9.17) is 4.52 Å². The molecule has 9 heteroatoms. The number of aromatic nitrogens is 3. The van der Waals surface area contributed by atoms with Crippen LogP contribution in [0.1, 0.15) is 26.5 Å². The lowest BCUT2D eigenvalue weighted by Gasteiger charge is -2.11. The van der Waals surface area contributed by atoms with E-state index in [0.29, 0.717) is 5.76 Å². The summed E-state index contributed by atoms with van der Waals surface area (Å²) in [5.41, 5.74) is -1.98. The molecule has 0 radical (unpaired) electrons. The van der Waals surface area contributed by atoms with Gasteiger partial charge in [0.25, 0.3) is 5.56 Å². The van der Waals surface area contributed by atoms with Gasteiger partial charge in [0, 0.05) is 25.6 Å². The molecule has 1 N–H and O–H groups in total. The van der Waals surface area contributed by atoms with Gasteiger partial charge in [0.05, 0.1) is 0 Å². The Kier molecular flexibility index (Phi) is 3.74. The number of rotatable bonds is 2. The van der Waals surface area contributed by atoms with Crippen molar-refractivity contribution < 1.29 is 9.63 Å². The Morgan fingerprint density at radius 3 is 2.36 bits per heavy atom. The van der Waals surface area contributed by atoms with Crippen LogP contribution in [0.15, 0.2) is 30.4 Å². The van der Waals surface area contributed by atoms with Gasteiger partial charge in [-0.1, -0.05) is 25.9 Å². The Morgan fingerprint density at radius 2 is 1.82 bits per heavy atom. The first-order valence-electron chi connectivity index (χ1n) is 6.51. The van der Waals surface area contributed by atoms with Crippen LogP contribution in [0.4, 0.5) is 11.5 Å². The van der Waals surface area contributed by atoms with E-state index in [1.807, 2.05) is 20.8 Å². The summed E-state index contributed by atoms with van der Waals surface area (Å²) >= 11 is 0. The van der Waals surface area contributed by atoms with Crippen LogP contribution in [0.25, 0.3) is 0 Å². The minimum absolute atomic E-state index is 0.167. The Balaban J connectivity index is 2.46. The maximum absolute atomic E-state index is 11.9. The van der Waals surface area contributed by atoms with Crippen LogP contribution in [-0.4, -0.2) is 19.4 Å². The van der Waals surface area contributed by atoms with Gasteiger partial charge in [0.2, 0.25) is 17.4 Å². The number of hydrogen-bond donors (Lipinski definition) is 1. The van der Waals surface area contributed by atoms with Gasteiger partial charge in [-0.15, -0.1) is 10.2 Å². The maximum atomic E-state index is 11.9. The molecule has 22 heavy (non-hydrogen) atoms. The van der Waals surface area contributed by atoms with Crippen molar-refractivity contribution >= 4 is 11.5 Å². The first kappa shape index (κ1) is 15.7. The van der Waals surface area contributed by atoms with Crippen LogP contribution in [-0.2, 0) is 19.5 Å². The van der Waals surface area contributed by atoms with Crippen LogP contribution < -0.4 is 11.2 Å². The van der Waals surface area contributed by atoms with Gasteiger partial charge in [-0.3, -0.25) is 13.9 Å². The summed E-state index contributed by atoms with van der Waals surface area (Å²) in [6.45, 7) is 5.84. The normalized spacial score (nSPS) is 12.2. The largest absolute Gasteiger partial charge is 0.493 e. The van der Waals surface area contributed by atoms with Gasteiger partial charge in [-0.2, -0.15) is 0 Å². The van der Waals surface area contributed by atoms with Crippen molar-refractivity contribution in [1.29, 1.82) is 0 Å². The summed E-state index contributed by atoms with van der Waals surface area (Å²) in [4.78, 5) is 23.6. The predicted molar refractivity (Wildman–Crippen MR) is 78.0 cm³/mol. The average molecular weight is 307 g/mol. The lowest BCUT2D eigenvalue weighted by atomic mass is 9.93. The molecule has 0 aliphatic heterocycles.